The number of fused-ring (bicyclic) bond motifs is 1. The first-order chi connectivity index (χ1) is 20.7. The number of nitrogens with zero attached hydrogens (tertiary/aromatic N) is 3. The van der Waals surface area contributed by atoms with Gasteiger partial charge in [0.05, 0.1) is 24.4 Å². The zero-order valence-electron chi connectivity index (χ0n) is 25.1. The molecule has 2 amide bonds. The van der Waals surface area contributed by atoms with E-state index in [1.165, 1.54) is 6.92 Å². The molecule has 9 nitrogen and oxygen atoms in total. The Hall–Kier alpha value is -4.63. The molecule has 2 atom stereocenters. The van der Waals surface area contributed by atoms with Crippen LogP contribution in [0.1, 0.15) is 63.7 Å². The maximum atomic E-state index is 14.7. The van der Waals surface area contributed by atoms with Gasteiger partial charge in [-0.25, -0.2) is 5.84 Å². The van der Waals surface area contributed by atoms with Gasteiger partial charge < -0.3 is 19.7 Å². The van der Waals surface area contributed by atoms with Gasteiger partial charge in [0, 0.05) is 36.9 Å². The summed E-state index contributed by atoms with van der Waals surface area (Å²) in [6.45, 7) is 8.35. The van der Waals surface area contributed by atoms with Crippen molar-refractivity contribution in [2.45, 2.75) is 58.7 Å². The third kappa shape index (κ3) is 6.73. The minimum atomic E-state index is -0.842. The Bertz CT molecular complexity index is 1610. The lowest BCUT2D eigenvalue weighted by Crippen LogP contribution is -2.46. The highest BCUT2D eigenvalue weighted by atomic mass is 16.5. The van der Waals surface area contributed by atoms with Crippen molar-refractivity contribution in [1.82, 2.24) is 9.88 Å². The van der Waals surface area contributed by atoms with E-state index < -0.39 is 6.04 Å². The molecule has 0 spiro atoms. The number of pyridine rings is 1. The molecule has 9 heteroatoms. The molecule has 3 N–H and O–H groups in total. The van der Waals surface area contributed by atoms with E-state index >= 15 is 0 Å². The fraction of sp³-hybridized carbons (Fsp3) is 0.324. The van der Waals surface area contributed by atoms with Crippen LogP contribution in [0.4, 0.5) is 11.4 Å². The molecule has 0 unspecified atom stereocenters. The maximum Gasteiger partial charge on any atom is 0.251 e. The number of anilines is 2. The summed E-state index contributed by atoms with van der Waals surface area (Å²) in [5, 5.41) is 6.35. The molecule has 1 aliphatic rings. The van der Waals surface area contributed by atoms with Crippen molar-refractivity contribution in [3.63, 3.8) is 0 Å². The average molecular weight is 582 g/mol. The number of aromatic nitrogens is 1. The summed E-state index contributed by atoms with van der Waals surface area (Å²) in [5.41, 5.74) is 3.06. The van der Waals surface area contributed by atoms with Crippen molar-refractivity contribution in [1.29, 1.82) is 0 Å². The summed E-state index contributed by atoms with van der Waals surface area (Å²) in [6.07, 6.45) is 5.15. The molecule has 0 bridgehead atoms. The number of hydrogen-bond acceptors (Lipinski definition) is 7. The summed E-state index contributed by atoms with van der Waals surface area (Å²) >= 11 is 0. The number of nitrogens with two attached hydrogens (primary N) is 1. The van der Waals surface area contributed by atoms with Crippen molar-refractivity contribution < 1.29 is 19.1 Å². The lowest BCUT2D eigenvalue weighted by molar-refractivity contribution is -0.133. The molecule has 3 aromatic carbocycles. The summed E-state index contributed by atoms with van der Waals surface area (Å²) in [6, 6.07) is 20.0. The number of likely N-dealkylation sites (tertiary alicyclic amines) is 1. The molecule has 5 rings (SSSR count). The van der Waals surface area contributed by atoms with Crippen LogP contribution in [0.25, 0.3) is 10.8 Å². The summed E-state index contributed by atoms with van der Waals surface area (Å²) in [5.74, 6) is 7.80. The van der Waals surface area contributed by atoms with E-state index in [1.54, 1.807) is 17.4 Å². The van der Waals surface area contributed by atoms with Crippen LogP contribution in [-0.2, 0) is 9.59 Å². The van der Waals surface area contributed by atoms with Gasteiger partial charge in [0.15, 0.2) is 11.5 Å². The van der Waals surface area contributed by atoms with Crippen LogP contribution in [0.5, 0.6) is 11.5 Å². The largest absolute Gasteiger partial charge is 0.490 e. The Kier molecular flexibility index (Phi) is 9.11. The zero-order valence-corrected chi connectivity index (χ0v) is 25.1. The third-order valence-electron chi connectivity index (χ3n) is 7.51. The highest BCUT2D eigenvalue weighted by molar-refractivity contribution is 5.90. The number of ether oxygens (including phenoxy) is 2. The van der Waals surface area contributed by atoms with E-state index in [0.29, 0.717) is 41.6 Å². The first-order valence-electron chi connectivity index (χ1n) is 14.7. The molecule has 1 saturated heterocycles. The highest BCUT2D eigenvalue weighted by Gasteiger charge is 2.38. The first-order valence-corrected chi connectivity index (χ1v) is 14.7. The second-order valence-corrected chi connectivity index (χ2v) is 11.0. The Balaban J connectivity index is 1.56. The number of hydrazine groups is 1. The van der Waals surface area contributed by atoms with E-state index in [4.69, 9.17) is 15.3 Å². The quantitative estimate of drug-likeness (QED) is 0.170. The number of hydrogen-bond donors (Lipinski definition) is 2. The standard InChI is InChI=1S/C34H39N5O4/c1-5-42-32-20-26(12-14-31(32)43-22(2)3)33(39(35)29-13-11-27-21-36-16-15-24(27)19-29)34(41)38-17-7-10-30(38)25-8-6-9-28(18-25)37-23(4)40/h6,8-9,11-16,18-22,30,33H,5,7,10,17,35H2,1-4H3,(H,37,40)/t30-,33-/m1/s1. The number of rotatable bonds is 10. The molecule has 1 fully saturated rings. The van der Waals surface area contributed by atoms with Crippen molar-refractivity contribution in [3.05, 3.63) is 90.3 Å². The monoisotopic (exact) mass is 581 g/mol. The number of benzene rings is 3. The van der Waals surface area contributed by atoms with E-state index in [2.05, 4.69) is 10.3 Å². The Morgan fingerprint density at radius 1 is 1.07 bits per heavy atom. The minimum absolute atomic E-state index is 0.0424. The molecule has 0 saturated carbocycles. The van der Waals surface area contributed by atoms with Gasteiger partial charge in [-0.1, -0.05) is 24.3 Å². The number of carbonyl (C=O) groups is 2. The molecule has 2 heterocycles. The Labute approximate surface area is 252 Å². The topological polar surface area (TPSA) is 110 Å². The molecule has 224 valence electrons. The summed E-state index contributed by atoms with van der Waals surface area (Å²) in [7, 11) is 0. The molecule has 1 aliphatic heterocycles. The van der Waals surface area contributed by atoms with Crippen LogP contribution in [0.15, 0.2) is 79.1 Å². The molecular formula is C34H39N5O4. The molecule has 43 heavy (non-hydrogen) atoms. The Morgan fingerprint density at radius 2 is 1.91 bits per heavy atom. The second kappa shape index (κ2) is 13.1. The van der Waals surface area contributed by atoms with E-state index in [1.807, 2.05) is 92.4 Å². The molecule has 4 aromatic rings. The van der Waals surface area contributed by atoms with Crippen LogP contribution >= 0.6 is 0 Å². The number of carbonyl (C=O) groups excluding carboxylic acids is 2. The first kappa shape index (κ1) is 29.8. The average Bonchev–Trinajstić information content (AvgIpc) is 3.48. The van der Waals surface area contributed by atoms with Gasteiger partial charge in [0.1, 0.15) is 6.04 Å². The second-order valence-electron chi connectivity index (χ2n) is 11.0. The van der Waals surface area contributed by atoms with Gasteiger partial charge in [-0.2, -0.15) is 0 Å². The van der Waals surface area contributed by atoms with Crippen LogP contribution in [0.3, 0.4) is 0 Å². The maximum absolute atomic E-state index is 14.7. The van der Waals surface area contributed by atoms with Gasteiger partial charge in [-0.3, -0.25) is 19.6 Å². The highest BCUT2D eigenvalue weighted by Crippen LogP contribution is 2.39. The normalized spacial score (nSPS) is 15.4. The van der Waals surface area contributed by atoms with Gasteiger partial charge in [-0.15, -0.1) is 0 Å². The summed E-state index contributed by atoms with van der Waals surface area (Å²) < 4.78 is 12.0. The minimum Gasteiger partial charge on any atom is -0.490 e. The van der Waals surface area contributed by atoms with Crippen LogP contribution in [0.2, 0.25) is 0 Å². The molecule has 0 aliphatic carbocycles. The van der Waals surface area contributed by atoms with Gasteiger partial charge in [-0.05, 0) is 92.6 Å². The molecule has 1 aromatic heterocycles. The fourth-order valence-electron chi connectivity index (χ4n) is 5.68. The van der Waals surface area contributed by atoms with Crippen molar-refractivity contribution in [3.8, 4) is 11.5 Å². The number of nitrogens with one attached hydrogen (secondary N) is 1. The molecule has 0 radical (unpaired) electrons. The van der Waals surface area contributed by atoms with E-state index in [0.717, 1.165) is 29.2 Å². The third-order valence-corrected chi connectivity index (χ3v) is 7.51. The predicted molar refractivity (Wildman–Crippen MR) is 169 cm³/mol. The van der Waals surface area contributed by atoms with Crippen molar-refractivity contribution in [2.24, 2.45) is 5.84 Å². The Morgan fingerprint density at radius 3 is 2.67 bits per heavy atom. The number of amides is 2. The lowest BCUT2D eigenvalue weighted by atomic mass is 10.00. The summed E-state index contributed by atoms with van der Waals surface area (Å²) in [4.78, 5) is 32.5. The fourth-order valence-corrected chi connectivity index (χ4v) is 5.68. The van der Waals surface area contributed by atoms with Gasteiger partial charge in [0.25, 0.3) is 5.91 Å². The van der Waals surface area contributed by atoms with Crippen LogP contribution < -0.4 is 25.6 Å². The van der Waals surface area contributed by atoms with Crippen molar-refractivity contribution >= 4 is 34.0 Å². The van der Waals surface area contributed by atoms with Gasteiger partial charge in [0.2, 0.25) is 5.91 Å². The van der Waals surface area contributed by atoms with Crippen molar-refractivity contribution in [2.75, 3.05) is 23.5 Å². The lowest BCUT2D eigenvalue weighted by Gasteiger charge is -2.35. The zero-order chi connectivity index (χ0) is 30.5. The SMILES string of the molecule is CCOc1cc([C@H](C(=O)N2CCC[C@@H]2c2cccc(NC(C)=O)c2)N(N)c2ccc3cnccc3c2)ccc1OC(C)C. The van der Waals surface area contributed by atoms with Gasteiger partial charge >= 0.3 is 0 Å². The van der Waals surface area contributed by atoms with E-state index in [-0.39, 0.29) is 24.0 Å². The predicted octanol–water partition coefficient (Wildman–Crippen LogP) is 6.16. The van der Waals surface area contributed by atoms with Crippen LogP contribution in [0, 0.1) is 0 Å². The smallest absolute Gasteiger partial charge is 0.251 e. The van der Waals surface area contributed by atoms with E-state index in [9.17, 15) is 9.59 Å². The van der Waals surface area contributed by atoms with Crippen LogP contribution in [-0.4, -0.2) is 41.0 Å². The molecular weight excluding hydrogens is 542 g/mol.